The molecular formula is C19H19FN2O4. The minimum Gasteiger partial charge on any atom is -0.452 e. The van der Waals surface area contributed by atoms with Crippen molar-refractivity contribution in [2.24, 2.45) is 0 Å². The van der Waals surface area contributed by atoms with Gasteiger partial charge in [0.2, 0.25) is 5.91 Å². The minimum absolute atomic E-state index is 0.294. The molecule has 0 bridgehead atoms. The zero-order valence-corrected chi connectivity index (χ0v) is 14.5. The van der Waals surface area contributed by atoms with Gasteiger partial charge in [-0.15, -0.1) is 0 Å². The number of nitrogens with one attached hydrogen (secondary N) is 2. The quantitative estimate of drug-likeness (QED) is 0.777. The molecule has 26 heavy (non-hydrogen) atoms. The Kier molecular flexibility index (Phi) is 6.43. The lowest BCUT2D eigenvalue weighted by Gasteiger charge is -2.09. The summed E-state index contributed by atoms with van der Waals surface area (Å²) in [6.07, 6.45) is 0. The zero-order valence-electron chi connectivity index (χ0n) is 14.5. The second-order valence-electron chi connectivity index (χ2n) is 5.73. The third-order valence-electron chi connectivity index (χ3n) is 3.52. The Morgan fingerprint density at radius 2 is 1.69 bits per heavy atom. The first-order chi connectivity index (χ1) is 12.3. The number of hydrogen-bond acceptors (Lipinski definition) is 4. The Bertz CT molecular complexity index is 819. The molecule has 0 aliphatic carbocycles. The van der Waals surface area contributed by atoms with Crippen LogP contribution in [0.15, 0.2) is 42.5 Å². The van der Waals surface area contributed by atoms with Crippen molar-refractivity contribution in [3.63, 3.8) is 0 Å². The molecule has 0 heterocycles. The van der Waals surface area contributed by atoms with E-state index in [2.05, 4.69) is 10.6 Å². The maximum Gasteiger partial charge on any atom is 0.338 e. The van der Waals surface area contributed by atoms with E-state index < -0.39 is 30.2 Å². The summed E-state index contributed by atoms with van der Waals surface area (Å²) in [6, 6.07) is 10.6. The molecule has 2 aromatic rings. The van der Waals surface area contributed by atoms with Gasteiger partial charge in [0.1, 0.15) is 5.82 Å². The van der Waals surface area contributed by atoms with Crippen LogP contribution in [0.4, 0.5) is 10.1 Å². The number of ether oxygens (including phenoxy) is 1. The number of aryl methyl sites for hydroxylation is 2. The van der Waals surface area contributed by atoms with Crippen LogP contribution in [0, 0.1) is 19.7 Å². The molecule has 136 valence electrons. The van der Waals surface area contributed by atoms with Crippen LogP contribution in [0.25, 0.3) is 0 Å². The number of carbonyl (C=O) groups excluding carboxylic acids is 3. The number of rotatable bonds is 6. The van der Waals surface area contributed by atoms with Gasteiger partial charge in [0, 0.05) is 5.69 Å². The largest absolute Gasteiger partial charge is 0.452 e. The fourth-order valence-electron chi connectivity index (χ4n) is 2.13. The number of halogens is 1. The maximum absolute atomic E-state index is 12.8. The number of benzene rings is 2. The molecule has 2 rings (SSSR count). The molecule has 0 unspecified atom stereocenters. The van der Waals surface area contributed by atoms with Crippen LogP contribution in [-0.4, -0.2) is 30.9 Å². The van der Waals surface area contributed by atoms with Gasteiger partial charge < -0.3 is 15.4 Å². The smallest absolute Gasteiger partial charge is 0.338 e. The first-order valence-corrected chi connectivity index (χ1v) is 7.91. The lowest BCUT2D eigenvalue weighted by atomic mass is 10.1. The molecule has 0 aliphatic heterocycles. The molecule has 6 nitrogen and oxygen atoms in total. The number of carbonyl (C=O) groups is 3. The molecule has 0 saturated carbocycles. The number of anilines is 1. The minimum atomic E-state index is -0.600. The zero-order chi connectivity index (χ0) is 19.1. The highest BCUT2D eigenvalue weighted by Crippen LogP contribution is 2.12. The summed E-state index contributed by atoms with van der Waals surface area (Å²) in [5, 5.41) is 4.85. The average Bonchev–Trinajstić information content (AvgIpc) is 2.62. The van der Waals surface area contributed by atoms with Crippen molar-refractivity contribution in [1.29, 1.82) is 0 Å². The van der Waals surface area contributed by atoms with Crippen molar-refractivity contribution >= 4 is 23.5 Å². The molecule has 2 aromatic carbocycles. The van der Waals surface area contributed by atoms with Crippen LogP contribution in [0.2, 0.25) is 0 Å². The van der Waals surface area contributed by atoms with Crippen molar-refractivity contribution in [1.82, 2.24) is 5.32 Å². The van der Waals surface area contributed by atoms with Crippen molar-refractivity contribution in [2.75, 3.05) is 18.5 Å². The van der Waals surface area contributed by atoms with E-state index in [1.807, 2.05) is 13.0 Å². The van der Waals surface area contributed by atoms with Gasteiger partial charge in [0.05, 0.1) is 12.1 Å². The van der Waals surface area contributed by atoms with E-state index in [0.29, 0.717) is 11.3 Å². The Labute approximate surface area is 150 Å². The van der Waals surface area contributed by atoms with E-state index in [4.69, 9.17) is 4.74 Å². The van der Waals surface area contributed by atoms with Crippen molar-refractivity contribution in [3.05, 3.63) is 65.0 Å². The SMILES string of the molecule is Cc1ccc(C)c(C(=O)OCC(=O)NCC(=O)Nc2ccc(F)cc2)c1. The predicted molar refractivity (Wildman–Crippen MR) is 94.2 cm³/mol. The van der Waals surface area contributed by atoms with Crippen molar-refractivity contribution in [2.45, 2.75) is 13.8 Å². The van der Waals surface area contributed by atoms with Gasteiger partial charge in [-0.2, -0.15) is 0 Å². The van der Waals surface area contributed by atoms with Gasteiger partial charge in [-0.1, -0.05) is 17.7 Å². The van der Waals surface area contributed by atoms with Crippen LogP contribution in [-0.2, 0) is 14.3 Å². The van der Waals surface area contributed by atoms with Crippen LogP contribution in [0.5, 0.6) is 0 Å². The average molecular weight is 358 g/mol. The Morgan fingerprint density at radius 1 is 1.00 bits per heavy atom. The molecule has 2 amide bonds. The Balaban J connectivity index is 1.76. The van der Waals surface area contributed by atoms with Gasteiger partial charge in [0.25, 0.3) is 5.91 Å². The highest BCUT2D eigenvalue weighted by molar-refractivity contribution is 5.95. The Morgan fingerprint density at radius 3 is 2.38 bits per heavy atom. The van der Waals surface area contributed by atoms with Crippen LogP contribution in [0.1, 0.15) is 21.5 Å². The molecule has 0 spiro atoms. The van der Waals surface area contributed by atoms with Crippen LogP contribution < -0.4 is 10.6 Å². The highest BCUT2D eigenvalue weighted by atomic mass is 19.1. The third kappa shape index (κ3) is 5.70. The summed E-state index contributed by atoms with van der Waals surface area (Å²) >= 11 is 0. The topological polar surface area (TPSA) is 84.5 Å². The molecule has 7 heteroatoms. The standard InChI is InChI=1S/C19H19FN2O4/c1-12-3-4-13(2)16(9-12)19(25)26-11-18(24)21-10-17(23)22-15-7-5-14(20)6-8-15/h3-9H,10-11H2,1-2H3,(H,21,24)(H,22,23). The summed E-state index contributed by atoms with van der Waals surface area (Å²) in [4.78, 5) is 35.4. The second kappa shape index (κ2) is 8.75. The molecule has 0 aromatic heterocycles. The third-order valence-corrected chi connectivity index (χ3v) is 3.52. The molecule has 0 atom stereocenters. The number of amides is 2. The molecular weight excluding hydrogens is 339 g/mol. The van der Waals surface area contributed by atoms with Crippen molar-refractivity contribution in [3.8, 4) is 0 Å². The summed E-state index contributed by atoms with van der Waals surface area (Å²) in [5.41, 5.74) is 2.46. The van der Waals surface area contributed by atoms with Gasteiger partial charge in [-0.05, 0) is 49.7 Å². The highest BCUT2D eigenvalue weighted by Gasteiger charge is 2.13. The predicted octanol–water partition coefficient (Wildman–Crippen LogP) is 2.35. The maximum atomic E-state index is 12.8. The number of esters is 1. The monoisotopic (exact) mass is 358 g/mol. The summed E-state index contributed by atoms with van der Waals surface area (Å²) in [7, 11) is 0. The van der Waals surface area contributed by atoms with Crippen molar-refractivity contribution < 1.29 is 23.5 Å². The van der Waals surface area contributed by atoms with Crippen LogP contribution >= 0.6 is 0 Å². The van der Waals surface area contributed by atoms with Gasteiger partial charge in [-0.3, -0.25) is 9.59 Å². The van der Waals surface area contributed by atoms with Gasteiger partial charge in [-0.25, -0.2) is 9.18 Å². The number of hydrogen-bond donors (Lipinski definition) is 2. The normalized spacial score (nSPS) is 10.1. The lowest BCUT2D eigenvalue weighted by Crippen LogP contribution is -2.35. The first-order valence-electron chi connectivity index (χ1n) is 7.91. The van der Waals surface area contributed by atoms with Crippen LogP contribution in [0.3, 0.4) is 0 Å². The fourth-order valence-corrected chi connectivity index (χ4v) is 2.13. The first kappa shape index (κ1) is 19.1. The lowest BCUT2D eigenvalue weighted by molar-refractivity contribution is -0.126. The molecule has 0 fully saturated rings. The molecule has 2 N–H and O–H groups in total. The fraction of sp³-hybridized carbons (Fsp3) is 0.211. The molecule has 0 radical (unpaired) electrons. The van der Waals surface area contributed by atoms with E-state index in [0.717, 1.165) is 11.1 Å². The van der Waals surface area contributed by atoms with E-state index in [1.54, 1.807) is 19.1 Å². The van der Waals surface area contributed by atoms with Gasteiger partial charge >= 0.3 is 5.97 Å². The van der Waals surface area contributed by atoms with Gasteiger partial charge in [0.15, 0.2) is 6.61 Å². The van der Waals surface area contributed by atoms with E-state index in [9.17, 15) is 18.8 Å². The second-order valence-corrected chi connectivity index (χ2v) is 5.73. The summed E-state index contributed by atoms with van der Waals surface area (Å²) < 4.78 is 17.8. The Hall–Kier alpha value is -3.22. The molecule has 0 saturated heterocycles. The van der Waals surface area contributed by atoms with E-state index >= 15 is 0 Å². The molecule has 0 aliphatic rings. The summed E-state index contributed by atoms with van der Waals surface area (Å²) in [6.45, 7) is 2.84. The van der Waals surface area contributed by atoms with E-state index in [-0.39, 0.29) is 6.54 Å². The summed E-state index contributed by atoms with van der Waals surface area (Å²) in [5.74, 6) is -2.09. The van der Waals surface area contributed by atoms with E-state index in [1.165, 1.54) is 24.3 Å².